The number of hydrogen-bond acceptors (Lipinski definition) is 6. The third kappa shape index (κ3) is 50.0. The molecule has 0 rings (SSSR count). The summed E-state index contributed by atoms with van der Waals surface area (Å²) >= 11 is 0. The van der Waals surface area contributed by atoms with Crippen molar-refractivity contribution in [1.29, 1.82) is 0 Å². The smallest absolute Gasteiger partial charge is 0.306 e. The molecule has 0 saturated heterocycles. The topological polar surface area (TPSA) is 78.9 Å². The minimum absolute atomic E-state index is 0.130. The van der Waals surface area contributed by atoms with Crippen LogP contribution in [0.4, 0.5) is 0 Å². The first-order chi connectivity index (χ1) is 32.5. The van der Waals surface area contributed by atoms with Gasteiger partial charge in [0.15, 0.2) is 6.10 Å². The van der Waals surface area contributed by atoms with Crippen molar-refractivity contribution < 1.29 is 28.6 Å². The maximum Gasteiger partial charge on any atom is 0.306 e. The van der Waals surface area contributed by atoms with Crippen molar-refractivity contribution in [1.82, 2.24) is 0 Å². The molecule has 0 aliphatic heterocycles. The van der Waals surface area contributed by atoms with E-state index in [1.165, 1.54) is 44.9 Å². The molecular formula is C60H90O6. The molecule has 6 heteroatoms. The summed E-state index contributed by atoms with van der Waals surface area (Å²) in [4.78, 5) is 37.9. The molecule has 0 radical (unpaired) electrons. The van der Waals surface area contributed by atoms with E-state index in [0.717, 1.165) is 83.5 Å². The summed E-state index contributed by atoms with van der Waals surface area (Å²) < 4.78 is 16.7. The molecule has 0 aliphatic carbocycles. The molecule has 0 saturated carbocycles. The number of unbranched alkanes of at least 4 members (excludes halogenated alkanes) is 12. The Hall–Kier alpha value is -4.97. The Morgan fingerprint density at radius 2 is 0.697 bits per heavy atom. The molecule has 0 aromatic carbocycles. The quantitative estimate of drug-likeness (QED) is 0.0199. The largest absolute Gasteiger partial charge is 0.462 e. The van der Waals surface area contributed by atoms with Crippen molar-refractivity contribution in [3.05, 3.63) is 158 Å². The lowest BCUT2D eigenvalue weighted by Gasteiger charge is -2.18. The Kier molecular flexibility index (Phi) is 48.7. The van der Waals surface area contributed by atoms with Crippen LogP contribution in [0.5, 0.6) is 0 Å². The summed E-state index contributed by atoms with van der Waals surface area (Å²) in [5.74, 6) is -1.08. The molecule has 366 valence electrons. The molecule has 66 heavy (non-hydrogen) atoms. The number of esters is 3. The van der Waals surface area contributed by atoms with E-state index in [4.69, 9.17) is 14.2 Å². The van der Waals surface area contributed by atoms with Crippen molar-refractivity contribution in [3.63, 3.8) is 0 Å². The number of allylic oxidation sites excluding steroid dienone is 26. The van der Waals surface area contributed by atoms with Crippen molar-refractivity contribution >= 4 is 17.9 Å². The molecule has 0 fully saturated rings. The lowest BCUT2D eigenvalue weighted by Crippen LogP contribution is -2.30. The molecular weight excluding hydrogens is 817 g/mol. The fraction of sp³-hybridized carbons (Fsp3) is 0.517. The van der Waals surface area contributed by atoms with Gasteiger partial charge in [0.05, 0.1) is 0 Å². The number of ether oxygens (including phenoxy) is 3. The maximum atomic E-state index is 12.8. The summed E-state index contributed by atoms with van der Waals surface area (Å²) in [7, 11) is 0. The van der Waals surface area contributed by atoms with E-state index in [0.29, 0.717) is 19.3 Å². The van der Waals surface area contributed by atoms with Gasteiger partial charge in [-0.3, -0.25) is 14.4 Å². The molecule has 0 N–H and O–H groups in total. The molecule has 1 unspecified atom stereocenters. The second-order valence-corrected chi connectivity index (χ2v) is 16.2. The molecule has 0 spiro atoms. The van der Waals surface area contributed by atoms with Gasteiger partial charge < -0.3 is 14.2 Å². The van der Waals surface area contributed by atoms with Crippen LogP contribution in [0.1, 0.15) is 181 Å². The minimum atomic E-state index is -0.843. The summed E-state index contributed by atoms with van der Waals surface area (Å²) in [5.41, 5.74) is 0. The van der Waals surface area contributed by atoms with Crippen LogP contribution in [0.25, 0.3) is 0 Å². The Bertz CT molecular complexity index is 1560. The molecule has 0 aromatic heterocycles. The zero-order valence-electron chi connectivity index (χ0n) is 41.6. The summed E-state index contributed by atoms with van der Waals surface area (Å²) in [5, 5.41) is 0. The standard InChI is InChI=1S/C60H90O6/c1-4-7-10-13-16-19-22-24-26-28-30-32-34-36-38-41-44-47-50-53-59(62)65-56-57(55-64-58(61)52-49-46-43-40-21-18-15-12-9-6-3)66-60(63)54-51-48-45-42-39-37-35-33-31-29-27-25-23-20-17-14-11-8-5-2/h7-8,10-11,13,16-17,19-20,22,24-28,30-34,36-39,45,48,57H,4-6,9,12,14-15,18,21,23,29,35,40-44,46-47,49-56H2,1-3H3/b10-7-,11-8-,16-13-,20-17-,22-19-,26-24-,27-25-,30-28+,33-31-,34-32-,38-36-,39-37-,48-45-. The third-order valence-electron chi connectivity index (χ3n) is 9.99. The summed E-state index contributed by atoms with van der Waals surface area (Å²) in [6.45, 7) is 6.23. The molecule has 6 nitrogen and oxygen atoms in total. The highest BCUT2D eigenvalue weighted by Gasteiger charge is 2.19. The van der Waals surface area contributed by atoms with Gasteiger partial charge in [0.25, 0.3) is 0 Å². The van der Waals surface area contributed by atoms with Gasteiger partial charge in [0.1, 0.15) is 13.2 Å². The van der Waals surface area contributed by atoms with Crippen LogP contribution in [-0.4, -0.2) is 37.2 Å². The van der Waals surface area contributed by atoms with Crippen LogP contribution in [0.2, 0.25) is 0 Å². The molecule has 0 aliphatic rings. The average molecular weight is 907 g/mol. The van der Waals surface area contributed by atoms with E-state index >= 15 is 0 Å². The molecule has 0 amide bonds. The molecule has 0 heterocycles. The SMILES string of the molecule is CC\C=C/C=C\C=C/C=C\C=C\C=C/C=C\CCCCCC(=O)OCC(COC(=O)CCCCCCCCCCCC)OC(=O)CC/C=C\C/C=C\C/C=C\C/C=C\C/C=C\C/C=C\CC. The lowest BCUT2D eigenvalue weighted by molar-refractivity contribution is -0.166. The van der Waals surface area contributed by atoms with Gasteiger partial charge in [-0.25, -0.2) is 0 Å². The molecule has 0 bridgehead atoms. The number of rotatable bonds is 43. The monoisotopic (exact) mass is 907 g/mol. The first-order valence-corrected chi connectivity index (χ1v) is 25.6. The second kappa shape index (κ2) is 52.7. The Morgan fingerprint density at radius 1 is 0.333 bits per heavy atom. The highest BCUT2D eigenvalue weighted by atomic mass is 16.6. The van der Waals surface area contributed by atoms with Crippen LogP contribution in [-0.2, 0) is 28.6 Å². The Labute approximate surface area is 403 Å². The van der Waals surface area contributed by atoms with Gasteiger partial charge in [-0.1, -0.05) is 243 Å². The highest BCUT2D eigenvalue weighted by molar-refractivity contribution is 5.71. The third-order valence-corrected chi connectivity index (χ3v) is 9.99. The van der Waals surface area contributed by atoms with Gasteiger partial charge in [-0.2, -0.15) is 0 Å². The van der Waals surface area contributed by atoms with E-state index in [1.807, 2.05) is 85.1 Å². The highest BCUT2D eigenvalue weighted by Crippen LogP contribution is 2.12. The Balaban J connectivity index is 4.62. The summed E-state index contributed by atoms with van der Waals surface area (Å²) in [6.07, 6.45) is 76.6. The minimum Gasteiger partial charge on any atom is -0.462 e. The van der Waals surface area contributed by atoms with E-state index in [9.17, 15) is 14.4 Å². The van der Waals surface area contributed by atoms with Gasteiger partial charge in [0, 0.05) is 19.3 Å². The van der Waals surface area contributed by atoms with Gasteiger partial charge in [0.2, 0.25) is 0 Å². The summed E-state index contributed by atoms with van der Waals surface area (Å²) in [6, 6.07) is 0. The second-order valence-electron chi connectivity index (χ2n) is 16.2. The molecule has 1 atom stereocenters. The predicted molar refractivity (Wildman–Crippen MR) is 283 cm³/mol. The zero-order chi connectivity index (χ0) is 47.9. The van der Waals surface area contributed by atoms with E-state index in [1.54, 1.807) is 0 Å². The number of hydrogen-bond donors (Lipinski definition) is 0. The Morgan fingerprint density at radius 3 is 1.14 bits per heavy atom. The van der Waals surface area contributed by atoms with Gasteiger partial charge in [-0.05, 0) is 77.0 Å². The number of carbonyl (C=O) groups is 3. The fourth-order valence-corrected chi connectivity index (χ4v) is 6.21. The zero-order valence-corrected chi connectivity index (χ0v) is 41.6. The van der Waals surface area contributed by atoms with E-state index in [-0.39, 0.29) is 38.0 Å². The molecule has 0 aromatic rings. The normalized spacial score (nSPS) is 13.4. The maximum absolute atomic E-state index is 12.8. The van der Waals surface area contributed by atoms with Crippen molar-refractivity contribution in [2.45, 2.75) is 187 Å². The van der Waals surface area contributed by atoms with Crippen LogP contribution in [0.3, 0.4) is 0 Å². The van der Waals surface area contributed by atoms with Crippen molar-refractivity contribution in [2.75, 3.05) is 13.2 Å². The van der Waals surface area contributed by atoms with Crippen LogP contribution < -0.4 is 0 Å². The van der Waals surface area contributed by atoms with Gasteiger partial charge >= 0.3 is 17.9 Å². The van der Waals surface area contributed by atoms with Crippen LogP contribution >= 0.6 is 0 Å². The van der Waals surface area contributed by atoms with Crippen LogP contribution in [0, 0.1) is 0 Å². The first-order valence-electron chi connectivity index (χ1n) is 25.6. The van der Waals surface area contributed by atoms with E-state index in [2.05, 4.69) is 93.7 Å². The lowest BCUT2D eigenvalue weighted by atomic mass is 10.1. The van der Waals surface area contributed by atoms with Gasteiger partial charge in [-0.15, -0.1) is 0 Å². The van der Waals surface area contributed by atoms with Crippen molar-refractivity contribution in [3.8, 4) is 0 Å². The predicted octanol–water partition coefficient (Wildman–Crippen LogP) is 17.0. The number of carbonyl (C=O) groups excluding carboxylic acids is 3. The first kappa shape index (κ1) is 61.0. The van der Waals surface area contributed by atoms with Crippen LogP contribution in [0.15, 0.2) is 158 Å². The van der Waals surface area contributed by atoms with Crippen molar-refractivity contribution in [2.24, 2.45) is 0 Å². The van der Waals surface area contributed by atoms with E-state index < -0.39 is 12.1 Å². The fourth-order valence-electron chi connectivity index (χ4n) is 6.21. The average Bonchev–Trinajstić information content (AvgIpc) is 3.31.